The summed E-state index contributed by atoms with van der Waals surface area (Å²) >= 11 is 0. The number of aromatic amines is 1. The van der Waals surface area contributed by atoms with Crippen molar-refractivity contribution in [2.24, 2.45) is 0 Å². The molecule has 0 unspecified atom stereocenters. The van der Waals surface area contributed by atoms with Crippen molar-refractivity contribution >= 4 is 0 Å². The Morgan fingerprint density at radius 1 is 1.35 bits per heavy atom. The third kappa shape index (κ3) is 2.32. The minimum Gasteiger partial charge on any atom is -0.423 e. The van der Waals surface area contributed by atoms with Gasteiger partial charge in [-0.1, -0.05) is 6.92 Å². The maximum atomic E-state index is 11.5. The fourth-order valence-electron chi connectivity index (χ4n) is 1.38. The lowest BCUT2D eigenvalue weighted by Gasteiger charge is -2.01. The Kier molecular flexibility index (Phi) is 2.90. The normalized spacial score (nSPS) is 10.7. The van der Waals surface area contributed by atoms with Crippen LogP contribution in [0.15, 0.2) is 20.2 Å². The molecule has 0 atom stereocenters. The number of rotatable bonds is 3. The Labute approximate surface area is 96.1 Å². The van der Waals surface area contributed by atoms with E-state index in [9.17, 15) is 9.59 Å². The lowest BCUT2D eigenvalue weighted by atomic mass is 10.4. The van der Waals surface area contributed by atoms with E-state index in [1.165, 1.54) is 10.8 Å². The first-order valence-electron chi connectivity index (χ1n) is 5.21. The molecule has 2 aromatic rings. The molecule has 2 rings (SSSR count). The molecule has 0 aliphatic rings. The van der Waals surface area contributed by atoms with Crippen LogP contribution in [-0.2, 0) is 13.0 Å². The number of H-pyrrole nitrogens is 1. The Balaban J connectivity index is 2.33. The van der Waals surface area contributed by atoms with Gasteiger partial charge in [-0.2, -0.15) is 0 Å². The van der Waals surface area contributed by atoms with Crippen LogP contribution in [0.4, 0.5) is 0 Å². The molecular formula is C10H12N4O3. The van der Waals surface area contributed by atoms with Crippen LogP contribution in [0.1, 0.15) is 24.3 Å². The Morgan fingerprint density at radius 3 is 2.71 bits per heavy atom. The van der Waals surface area contributed by atoms with Crippen molar-refractivity contribution in [2.45, 2.75) is 26.8 Å². The van der Waals surface area contributed by atoms with E-state index >= 15 is 0 Å². The molecule has 1 N–H and O–H groups in total. The molecule has 7 heteroatoms. The fraction of sp³-hybridized carbons (Fsp3) is 0.400. The number of nitrogens with zero attached hydrogens (tertiary/aromatic N) is 3. The predicted octanol–water partition coefficient (Wildman–Crippen LogP) is -0.161. The minimum atomic E-state index is -0.489. The molecule has 2 aromatic heterocycles. The van der Waals surface area contributed by atoms with Crippen LogP contribution < -0.4 is 11.2 Å². The quantitative estimate of drug-likeness (QED) is 0.799. The molecule has 0 aliphatic heterocycles. The second kappa shape index (κ2) is 4.36. The zero-order valence-electron chi connectivity index (χ0n) is 9.56. The van der Waals surface area contributed by atoms with Crippen LogP contribution >= 0.6 is 0 Å². The largest absolute Gasteiger partial charge is 0.423 e. The van der Waals surface area contributed by atoms with Crippen molar-refractivity contribution in [1.82, 2.24) is 19.7 Å². The molecule has 0 radical (unpaired) electrons. The van der Waals surface area contributed by atoms with Gasteiger partial charge in [0.1, 0.15) is 6.54 Å². The molecule has 0 amide bonds. The van der Waals surface area contributed by atoms with Gasteiger partial charge in [0.15, 0.2) is 0 Å². The van der Waals surface area contributed by atoms with Crippen LogP contribution in [0.25, 0.3) is 0 Å². The van der Waals surface area contributed by atoms with E-state index in [2.05, 4.69) is 15.2 Å². The number of aromatic nitrogens is 4. The first kappa shape index (κ1) is 11.3. The minimum absolute atomic E-state index is 0.156. The Morgan fingerprint density at radius 2 is 2.06 bits per heavy atom. The highest BCUT2D eigenvalue weighted by Gasteiger charge is 2.07. The van der Waals surface area contributed by atoms with Crippen molar-refractivity contribution in [1.29, 1.82) is 0 Å². The second-order valence-corrected chi connectivity index (χ2v) is 3.64. The van der Waals surface area contributed by atoms with Crippen molar-refractivity contribution in [2.75, 3.05) is 0 Å². The lowest BCUT2D eigenvalue weighted by molar-refractivity contribution is 0.438. The lowest BCUT2D eigenvalue weighted by Crippen LogP contribution is -2.31. The standard InChI is InChI=1S/C10H12N4O3/c1-3-7-12-13-8(17-7)5-14-4-6(2)9(15)11-10(14)16/h4H,3,5H2,1-2H3,(H,11,15,16). The molecule has 0 aliphatic carbocycles. The van der Waals surface area contributed by atoms with Gasteiger partial charge in [-0.25, -0.2) is 4.79 Å². The van der Waals surface area contributed by atoms with Crippen molar-refractivity contribution < 1.29 is 4.42 Å². The van der Waals surface area contributed by atoms with Gasteiger partial charge in [-0.3, -0.25) is 14.3 Å². The smallest absolute Gasteiger partial charge is 0.328 e. The molecule has 0 aromatic carbocycles. The number of hydrogen-bond acceptors (Lipinski definition) is 5. The van der Waals surface area contributed by atoms with E-state index in [1.807, 2.05) is 6.92 Å². The van der Waals surface area contributed by atoms with Crippen molar-refractivity contribution in [3.8, 4) is 0 Å². The van der Waals surface area contributed by atoms with Crippen LogP contribution in [-0.4, -0.2) is 19.7 Å². The molecule has 2 heterocycles. The van der Waals surface area contributed by atoms with Crippen LogP contribution in [0.2, 0.25) is 0 Å². The van der Waals surface area contributed by atoms with E-state index < -0.39 is 5.69 Å². The first-order chi connectivity index (χ1) is 8.10. The fourth-order valence-corrected chi connectivity index (χ4v) is 1.38. The maximum absolute atomic E-state index is 11.5. The highest BCUT2D eigenvalue weighted by molar-refractivity contribution is 5.01. The molecule has 7 nitrogen and oxygen atoms in total. The summed E-state index contributed by atoms with van der Waals surface area (Å²) < 4.78 is 6.61. The summed E-state index contributed by atoms with van der Waals surface area (Å²) in [4.78, 5) is 24.9. The molecule has 0 saturated heterocycles. The average Bonchev–Trinajstić information content (AvgIpc) is 2.73. The Bertz CT molecular complexity index is 637. The van der Waals surface area contributed by atoms with Crippen LogP contribution in [0.3, 0.4) is 0 Å². The molecule has 17 heavy (non-hydrogen) atoms. The SMILES string of the molecule is CCc1nnc(Cn2cc(C)c(=O)[nH]c2=O)o1. The van der Waals surface area contributed by atoms with Gasteiger partial charge in [-0.15, -0.1) is 10.2 Å². The molecule has 0 spiro atoms. The van der Waals surface area contributed by atoms with E-state index in [0.717, 1.165) is 0 Å². The van der Waals surface area contributed by atoms with E-state index in [0.29, 0.717) is 23.8 Å². The summed E-state index contributed by atoms with van der Waals surface area (Å²) in [5.41, 5.74) is -0.414. The summed E-state index contributed by atoms with van der Waals surface area (Å²) in [5.74, 6) is 0.865. The molecule has 0 fully saturated rings. The van der Waals surface area contributed by atoms with Crippen LogP contribution in [0.5, 0.6) is 0 Å². The van der Waals surface area contributed by atoms with Gasteiger partial charge in [-0.05, 0) is 6.92 Å². The predicted molar refractivity (Wildman–Crippen MR) is 58.8 cm³/mol. The van der Waals surface area contributed by atoms with Crippen LogP contribution in [0, 0.1) is 6.92 Å². The number of aryl methyl sites for hydroxylation is 2. The summed E-state index contributed by atoms with van der Waals surface area (Å²) in [6, 6.07) is 0. The number of hydrogen-bond donors (Lipinski definition) is 1. The molecule has 0 bridgehead atoms. The van der Waals surface area contributed by atoms with Gasteiger partial charge >= 0.3 is 5.69 Å². The van der Waals surface area contributed by atoms with Gasteiger partial charge in [0.25, 0.3) is 5.56 Å². The third-order valence-corrected chi connectivity index (χ3v) is 2.31. The van der Waals surface area contributed by atoms with Gasteiger partial charge in [0, 0.05) is 18.2 Å². The van der Waals surface area contributed by atoms with E-state index in [1.54, 1.807) is 6.92 Å². The monoisotopic (exact) mass is 236 g/mol. The third-order valence-electron chi connectivity index (χ3n) is 2.31. The summed E-state index contributed by atoms with van der Waals surface area (Å²) in [7, 11) is 0. The molecular weight excluding hydrogens is 224 g/mol. The molecule has 90 valence electrons. The molecule has 0 saturated carbocycles. The van der Waals surface area contributed by atoms with Crippen molar-refractivity contribution in [3.63, 3.8) is 0 Å². The zero-order chi connectivity index (χ0) is 12.4. The summed E-state index contributed by atoms with van der Waals surface area (Å²) in [6.07, 6.45) is 2.11. The maximum Gasteiger partial charge on any atom is 0.328 e. The average molecular weight is 236 g/mol. The van der Waals surface area contributed by atoms with E-state index in [-0.39, 0.29) is 12.1 Å². The van der Waals surface area contributed by atoms with E-state index in [4.69, 9.17) is 4.42 Å². The van der Waals surface area contributed by atoms with Gasteiger partial charge in [0.2, 0.25) is 11.8 Å². The van der Waals surface area contributed by atoms with Gasteiger partial charge < -0.3 is 4.42 Å². The Hall–Kier alpha value is -2.18. The van der Waals surface area contributed by atoms with Gasteiger partial charge in [0.05, 0.1) is 0 Å². The summed E-state index contributed by atoms with van der Waals surface area (Å²) in [5, 5.41) is 7.60. The highest BCUT2D eigenvalue weighted by Crippen LogP contribution is 2.01. The second-order valence-electron chi connectivity index (χ2n) is 3.64. The zero-order valence-corrected chi connectivity index (χ0v) is 9.56. The first-order valence-corrected chi connectivity index (χ1v) is 5.21. The van der Waals surface area contributed by atoms with Crippen molar-refractivity contribution in [3.05, 3.63) is 44.4 Å². The summed E-state index contributed by atoms with van der Waals surface area (Å²) in [6.45, 7) is 3.68. The highest BCUT2D eigenvalue weighted by atomic mass is 16.4. The topological polar surface area (TPSA) is 93.8 Å². The number of nitrogens with one attached hydrogen (secondary N) is 1.